The number of hydrogen-bond acceptors (Lipinski definition) is 6. The molecular formula is C16H14N2O3S. The Morgan fingerprint density at radius 1 is 1.27 bits per heavy atom. The Labute approximate surface area is 131 Å². The third kappa shape index (κ3) is 2.78. The van der Waals surface area contributed by atoms with Crippen LogP contribution >= 0.6 is 11.3 Å². The summed E-state index contributed by atoms with van der Waals surface area (Å²) in [5, 5.41) is 0.853. The number of methoxy groups -OCH3 is 1. The zero-order valence-corrected chi connectivity index (χ0v) is 13.0. The van der Waals surface area contributed by atoms with Crippen LogP contribution in [0.25, 0.3) is 20.8 Å². The van der Waals surface area contributed by atoms with Crippen LogP contribution in [0.5, 0.6) is 5.88 Å². The molecule has 0 spiro atoms. The number of carbonyl (C=O) groups excluding carboxylic acids is 1. The van der Waals surface area contributed by atoms with Gasteiger partial charge in [0.2, 0.25) is 5.88 Å². The Morgan fingerprint density at radius 2 is 2.14 bits per heavy atom. The molecule has 112 valence electrons. The second kappa shape index (κ2) is 6.11. The first-order valence-corrected chi connectivity index (χ1v) is 7.61. The highest BCUT2D eigenvalue weighted by molar-refractivity contribution is 7.21. The van der Waals surface area contributed by atoms with Crippen molar-refractivity contribution < 1.29 is 14.3 Å². The summed E-state index contributed by atoms with van der Waals surface area (Å²) in [5.74, 6) is 0.250. The van der Waals surface area contributed by atoms with Crippen molar-refractivity contribution in [2.24, 2.45) is 0 Å². The Balaban J connectivity index is 1.96. The fourth-order valence-corrected chi connectivity index (χ4v) is 3.01. The summed E-state index contributed by atoms with van der Waals surface area (Å²) >= 11 is 1.51. The molecule has 3 rings (SSSR count). The van der Waals surface area contributed by atoms with Crippen LogP contribution in [0, 0.1) is 0 Å². The summed E-state index contributed by atoms with van der Waals surface area (Å²) in [6.07, 6.45) is 1.73. The minimum atomic E-state index is -0.314. The molecule has 0 fully saturated rings. The first-order chi connectivity index (χ1) is 10.7. The standard InChI is InChI=1S/C16H14N2O3S/c1-3-21-16(19)10-4-6-12-13(8-10)22-15(18-12)11-5-7-14(20-2)17-9-11/h4-9H,3H2,1-2H3. The number of nitrogens with zero attached hydrogens (tertiary/aromatic N) is 2. The number of rotatable bonds is 4. The van der Waals surface area contributed by atoms with E-state index in [1.807, 2.05) is 18.2 Å². The van der Waals surface area contributed by atoms with Crippen molar-refractivity contribution in [3.8, 4) is 16.5 Å². The van der Waals surface area contributed by atoms with Gasteiger partial charge < -0.3 is 9.47 Å². The number of fused-ring (bicyclic) bond motifs is 1. The van der Waals surface area contributed by atoms with Crippen molar-refractivity contribution in [2.45, 2.75) is 6.92 Å². The maximum absolute atomic E-state index is 11.8. The summed E-state index contributed by atoms with van der Waals surface area (Å²) < 4.78 is 11.0. The normalized spacial score (nSPS) is 10.6. The van der Waals surface area contributed by atoms with Gasteiger partial charge in [0, 0.05) is 17.8 Å². The van der Waals surface area contributed by atoms with Crippen LogP contribution in [-0.2, 0) is 4.74 Å². The number of aromatic nitrogens is 2. The molecule has 0 aliphatic carbocycles. The van der Waals surface area contributed by atoms with Gasteiger partial charge in [-0.25, -0.2) is 14.8 Å². The SMILES string of the molecule is CCOC(=O)c1ccc2nc(-c3ccc(OC)nc3)sc2c1. The number of benzene rings is 1. The van der Waals surface area contributed by atoms with Crippen LogP contribution in [0.4, 0.5) is 0 Å². The van der Waals surface area contributed by atoms with Gasteiger partial charge in [0.25, 0.3) is 0 Å². The zero-order chi connectivity index (χ0) is 15.5. The highest BCUT2D eigenvalue weighted by atomic mass is 32.1. The molecule has 0 unspecified atom stereocenters. The molecule has 0 N–H and O–H groups in total. The van der Waals surface area contributed by atoms with Crippen LogP contribution in [-0.4, -0.2) is 29.7 Å². The van der Waals surface area contributed by atoms with Crippen molar-refractivity contribution in [1.82, 2.24) is 9.97 Å². The van der Waals surface area contributed by atoms with Gasteiger partial charge in [-0.15, -0.1) is 11.3 Å². The van der Waals surface area contributed by atoms with Crippen molar-refractivity contribution in [2.75, 3.05) is 13.7 Å². The lowest BCUT2D eigenvalue weighted by atomic mass is 10.2. The molecule has 0 atom stereocenters. The summed E-state index contributed by atoms with van der Waals surface area (Å²) in [7, 11) is 1.58. The van der Waals surface area contributed by atoms with Gasteiger partial charge in [-0.1, -0.05) is 0 Å². The predicted molar refractivity (Wildman–Crippen MR) is 85.4 cm³/mol. The lowest BCUT2D eigenvalue weighted by molar-refractivity contribution is 0.0526. The van der Waals surface area contributed by atoms with Crippen molar-refractivity contribution in [3.63, 3.8) is 0 Å². The summed E-state index contributed by atoms with van der Waals surface area (Å²) in [5.41, 5.74) is 2.31. The molecule has 5 nitrogen and oxygen atoms in total. The third-order valence-corrected chi connectivity index (χ3v) is 4.16. The molecule has 2 aromatic heterocycles. The largest absolute Gasteiger partial charge is 0.481 e. The maximum atomic E-state index is 11.8. The first-order valence-electron chi connectivity index (χ1n) is 6.79. The second-order valence-electron chi connectivity index (χ2n) is 4.51. The van der Waals surface area contributed by atoms with E-state index in [1.54, 1.807) is 32.4 Å². The lowest BCUT2D eigenvalue weighted by Gasteiger charge is -2.00. The minimum Gasteiger partial charge on any atom is -0.481 e. The van der Waals surface area contributed by atoms with Crippen LogP contribution in [0.2, 0.25) is 0 Å². The average Bonchev–Trinajstić information content (AvgIpc) is 2.98. The fraction of sp³-hybridized carbons (Fsp3) is 0.188. The number of carbonyl (C=O) groups is 1. The summed E-state index contributed by atoms with van der Waals surface area (Å²) in [6, 6.07) is 9.08. The highest BCUT2D eigenvalue weighted by Crippen LogP contribution is 2.31. The van der Waals surface area contributed by atoms with Crippen LogP contribution in [0.3, 0.4) is 0 Å². The molecule has 1 aromatic carbocycles. The number of esters is 1. The van der Waals surface area contributed by atoms with E-state index in [0.717, 1.165) is 20.8 Å². The molecule has 0 saturated heterocycles. The van der Waals surface area contributed by atoms with E-state index >= 15 is 0 Å². The molecule has 22 heavy (non-hydrogen) atoms. The zero-order valence-electron chi connectivity index (χ0n) is 12.2. The van der Waals surface area contributed by atoms with Crippen molar-refractivity contribution in [1.29, 1.82) is 0 Å². The van der Waals surface area contributed by atoms with Gasteiger partial charge in [0.1, 0.15) is 5.01 Å². The Bertz CT molecular complexity index is 812. The molecular weight excluding hydrogens is 300 g/mol. The van der Waals surface area contributed by atoms with Crippen LogP contribution in [0.1, 0.15) is 17.3 Å². The van der Waals surface area contributed by atoms with Crippen LogP contribution < -0.4 is 4.74 Å². The topological polar surface area (TPSA) is 61.3 Å². The fourth-order valence-electron chi connectivity index (χ4n) is 2.02. The molecule has 2 heterocycles. The van der Waals surface area contributed by atoms with Crippen molar-refractivity contribution >= 4 is 27.5 Å². The number of ether oxygens (including phenoxy) is 2. The monoisotopic (exact) mass is 314 g/mol. The van der Waals surface area contributed by atoms with Gasteiger partial charge in [-0.2, -0.15) is 0 Å². The average molecular weight is 314 g/mol. The van der Waals surface area contributed by atoms with E-state index < -0.39 is 0 Å². The van der Waals surface area contributed by atoms with Gasteiger partial charge >= 0.3 is 5.97 Å². The molecule has 0 aliphatic rings. The van der Waals surface area contributed by atoms with E-state index in [1.165, 1.54) is 11.3 Å². The molecule has 0 saturated carbocycles. The molecule has 0 radical (unpaired) electrons. The van der Waals surface area contributed by atoms with E-state index in [0.29, 0.717) is 18.1 Å². The predicted octanol–water partition coefficient (Wildman–Crippen LogP) is 3.54. The van der Waals surface area contributed by atoms with Gasteiger partial charge in [-0.05, 0) is 31.2 Å². The van der Waals surface area contributed by atoms with Gasteiger partial charge in [0.05, 0.1) is 29.5 Å². The van der Waals surface area contributed by atoms with Crippen molar-refractivity contribution in [3.05, 3.63) is 42.1 Å². The number of thiazole rings is 1. The third-order valence-electron chi connectivity index (χ3n) is 3.09. The maximum Gasteiger partial charge on any atom is 0.338 e. The van der Waals surface area contributed by atoms with Gasteiger partial charge in [-0.3, -0.25) is 0 Å². The molecule has 6 heteroatoms. The number of pyridine rings is 1. The Hall–Kier alpha value is -2.47. The smallest absolute Gasteiger partial charge is 0.338 e. The number of hydrogen-bond donors (Lipinski definition) is 0. The van der Waals surface area contributed by atoms with E-state index in [2.05, 4.69) is 9.97 Å². The van der Waals surface area contributed by atoms with E-state index in [-0.39, 0.29) is 5.97 Å². The Morgan fingerprint density at radius 3 is 2.82 bits per heavy atom. The van der Waals surface area contributed by atoms with E-state index in [9.17, 15) is 4.79 Å². The summed E-state index contributed by atoms with van der Waals surface area (Å²) in [6.45, 7) is 2.15. The minimum absolute atomic E-state index is 0.314. The Kier molecular flexibility index (Phi) is 4.02. The molecule has 0 aliphatic heterocycles. The molecule has 3 aromatic rings. The second-order valence-corrected chi connectivity index (χ2v) is 5.54. The van der Waals surface area contributed by atoms with Gasteiger partial charge in [0.15, 0.2) is 0 Å². The molecule has 0 bridgehead atoms. The highest BCUT2D eigenvalue weighted by Gasteiger charge is 2.11. The first kappa shape index (κ1) is 14.5. The molecule has 0 amide bonds. The lowest BCUT2D eigenvalue weighted by Crippen LogP contribution is -2.03. The van der Waals surface area contributed by atoms with Crippen LogP contribution in [0.15, 0.2) is 36.5 Å². The van der Waals surface area contributed by atoms with E-state index in [4.69, 9.17) is 9.47 Å². The summed E-state index contributed by atoms with van der Waals surface area (Å²) in [4.78, 5) is 20.5. The quantitative estimate of drug-likeness (QED) is 0.689.